The first kappa shape index (κ1) is 19.1. The molecule has 5 nitrogen and oxygen atoms in total. The minimum Gasteiger partial charge on any atom is -0.495 e. The third kappa shape index (κ3) is 4.13. The van der Waals surface area contributed by atoms with Gasteiger partial charge in [-0.15, -0.1) is 0 Å². The molecule has 1 saturated heterocycles. The predicted molar refractivity (Wildman–Crippen MR) is 113 cm³/mol. The Morgan fingerprint density at radius 3 is 2.69 bits per heavy atom. The number of morpholine rings is 1. The highest BCUT2D eigenvalue weighted by Gasteiger charge is 2.22. The van der Waals surface area contributed by atoms with E-state index in [-0.39, 0.29) is 5.91 Å². The fourth-order valence-electron chi connectivity index (χ4n) is 3.62. The van der Waals surface area contributed by atoms with Crippen molar-refractivity contribution in [2.24, 2.45) is 0 Å². The van der Waals surface area contributed by atoms with Gasteiger partial charge >= 0.3 is 0 Å². The molecule has 4 rings (SSSR count). The smallest absolute Gasteiger partial charge is 0.256 e. The molecule has 0 unspecified atom stereocenters. The molecule has 1 amide bonds. The summed E-state index contributed by atoms with van der Waals surface area (Å²) in [6.07, 6.45) is 2.65. The lowest BCUT2D eigenvalue weighted by atomic mass is 10.1. The van der Waals surface area contributed by atoms with Crippen LogP contribution in [0.3, 0.4) is 0 Å². The van der Waals surface area contributed by atoms with Crippen molar-refractivity contribution in [1.29, 1.82) is 0 Å². The van der Waals surface area contributed by atoms with E-state index in [0.29, 0.717) is 32.7 Å². The van der Waals surface area contributed by atoms with Crippen LogP contribution in [0.5, 0.6) is 5.75 Å². The lowest BCUT2D eigenvalue weighted by Gasteiger charge is -2.26. The molecule has 5 heteroatoms. The summed E-state index contributed by atoms with van der Waals surface area (Å²) in [4.78, 5) is 14.9. The van der Waals surface area contributed by atoms with Crippen molar-refractivity contribution in [1.82, 2.24) is 9.47 Å². The Labute approximate surface area is 170 Å². The summed E-state index contributed by atoms with van der Waals surface area (Å²) in [6.45, 7) is 3.20. The van der Waals surface area contributed by atoms with Crippen molar-refractivity contribution in [3.63, 3.8) is 0 Å². The van der Waals surface area contributed by atoms with Gasteiger partial charge in [0.05, 0.1) is 31.5 Å². The van der Waals surface area contributed by atoms with Crippen LogP contribution in [0.4, 0.5) is 0 Å². The Hall–Kier alpha value is -3.23. The number of hydrogen-bond acceptors (Lipinski definition) is 3. The first-order valence-corrected chi connectivity index (χ1v) is 9.84. The van der Waals surface area contributed by atoms with E-state index in [4.69, 9.17) is 9.47 Å². The summed E-state index contributed by atoms with van der Waals surface area (Å²) in [6, 6.07) is 15.8. The molecular formula is C24H24N2O3. The van der Waals surface area contributed by atoms with Gasteiger partial charge in [0, 0.05) is 43.2 Å². The van der Waals surface area contributed by atoms with Crippen molar-refractivity contribution in [2.45, 2.75) is 13.0 Å². The van der Waals surface area contributed by atoms with Crippen molar-refractivity contribution in [3.8, 4) is 17.6 Å². The van der Waals surface area contributed by atoms with E-state index in [1.54, 1.807) is 7.11 Å². The first-order chi connectivity index (χ1) is 14.3. The van der Waals surface area contributed by atoms with Gasteiger partial charge in [-0.05, 0) is 18.2 Å². The summed E-state index contributed by atoms with van der Waals surface area (Å²) in [7, 11) is 1.65. The standard InChI is InChI=1S/C24H24N2O3/c1-28-23-12-5-2-8-19(23)9-6-7-13-26-18-21(20-10-3-4-11-22(20)26)24(27)25-14-16-29-17-15-25/h2-5,8,10-12,18H,7,13-17H2,1H3. The Morgan fingerprint density at radius 2 is 1.86 bits per heavy atom. The lowest BCUT2D eigenvalue weighted by molar-refractivity contribution is 0.0304. The summed E-state index contributed by atoms with van der Waals surface area (Å²) < 4.78 is 12.8. The molecule has 2 aromatic carbocycles. The van der Waals surface area contributed by atoms with E-state index >= 15 is 0 Å². The predicted octanol–water partition coefficient (Wildman–Crippen LogP) is 3.56. The maximum Gasteiger partial charge on any atom is 0.256 e. The number of amides is 1. The lowest BCUT2D eigenvalue weighted by Crippen LogP contribution is -2.40. The van der Waals surface area contributed by atoms with Crippen LogP contribution in [0.15, 0.2) is 54.7 Å². The molecule has 1 aliphatic rings. The van der Waals surface area contributed by atoms with Gasteiger partial charge in [-0.2, -0.15) is 0 Å². The van der Waals surface area contributed by atoms with Crippen molar-refractivity contribution in [3.05, 3.63) is 65.9 Å². The number of fused-ring (bicyclic) bond motifs is 1. The van der Waals surface area contributed by atoms with E-state index in [2.05, 4.69) is 22.5 Å². The second-order valence-corrected chi connectivity index (χ2v) is 6.91. The fraction of sp³-hybridized carbons (Fsp3) is 0.292. The number of rotatable bonds is 4. The molecule has 0 saturated carbocycles. The number of methoxy groups -OCH3 is 1. The largest absolute Gasteiger partial charge is 0.495 e. The molecule has 29 heavy (non-hydrogen) atoms. The topological polar surface area (TPSA) is 43.7 Å². The van der Waals surface area contributed by atoms with Gasteiger partial charge in [-0.1, -0.05) is 42.2 Å². The third-order valence-corrected chi connectivity index (χ3v) is 5.13. The maximum atomic E-state index is 13.0. The highest BCUT2D eigenvalue weighted by molar-refractivity contribution is 6.07. The molecular weight excluding hydrogens is 364 g/mol. The van der Waals surface area contributed by atoms with E-state index < -0.39 is 0 Å². The highest BCUT2D eigenvalue weighted by atomic mass is 16.5. The number of aryl methyl sites for hydroxylation is 1. The highest BCUT2D eigenvalue weighted by Crippen LogP contribution is 2.23. The second-order valence-electron chi connectivity index (χ2n) is 6.91. The van der Waals surface area contributed by atoms with Crippen LogP contribution in [0.1, 0.15) is 22.3 Å². The second kappa shape index (κ2) is 8.85. The molecule has 3 aromatic rings. The zero-order valence-electron chi connectivity index (χ0n) is 16.6. The monoisotopic (exact) mass is 388 g/mol. The van der Waals surface area contributed by atoms with Crippen molar-refractivity contribution < 1.29 is 14.3 Å². The van der Waals surface area contributed by atoms with E-state index in [1.165, 1.54) is 0 Å². The molecule has 0 atom stereocenters. The number of para-hydroxylation sites is 2. The zero-order chi connectivity index (χ0) is 20.1. The number of carbonyl (C=O) groups is 1. The van der Waals surface area contributed by atoms with Crippen molar-refractivity contribution in [2.75, 3.05) is 33.4 Å². The van der Waals surface area contributed by atoms with Gasteiger partial charge < -0.3 is 18.9 Å². The molecule has 2 heterocycles. The van der Waals surface area contributed by atoms with Crippen molar-refractivity contribution >= 4 is 16.8 Å². The molecule has 0 N–H and O–H groups in total. The first-order valence-electron chi connectivity index (χ1n) is 9.84. The van der Waals surface area contributed by atoms with Gasteiger partial charge in [-0.25, -0.2) is 0 Å². The number of nitrogens with zero attached hydrogens (tertiary/aromatic N) is 2. The molecule has 1 fully saturated rings. The average molecular weight is 388 g/mol. The Morgan fingerprint density at radius 1 is 1.10 bits per heavy atom. The molecule has 0 bridgehead atoms. The zero-order valence-corrected chi connectivity index (χ0v) is 16.6. The van der Waals surface area contributed by atoms with Crippen LogP contribution < -0.4 is 4.74 Å². The molecule has 0 radical (unpaired) electrons. The number of carbonyl (C=O) groups excluding carboxylic acids is 1. The SMILES string of the molecule is COc1ccccc1C#CCCn1cc(C(=O)N2CCOCC2)c2ccccc21. The van der Waals surface area contributed by atoms with E-state index in [9.17, 15) is 4.79 Å². The summed E-state index contributed by atoms with van der Waals surface area (Å²) in [5, 5.41) is 0.988. The van der Waals surface area contributed by atoms with Crippen LogP contribution >= 0.6 is 0 Å². The van der Waals surface area contributed by atoms with E-state index in [1.807, 2.05) is 53.6 Å². The summed E-state index contributed by atoms with van der Waals surface area (Å²) >= 11 is 0. The Kier molecular flexibility index (Phi) is 5.83. The Bertz CT molecular complexity index is 1070. The van der Waals surface area contributed by atoms with Crippen LogP contribution in [-0.2, 0) is 11.3 Å². The average Bonchev–Trinajstić information content (AvgIpc) is 3.16. The number of ether oxygens (including phenoxy) is 2. The van der Waals surface area contributed by atoms with Gasteiger partial charge in [0.15, 0.2) is 0 Å². The molecule has 1 aliphatic heterocycles. The maximum absolute atomic E-state index is 13.0. The van der Waals surface area contributed by atoms with Crippen LogP contribution in [0, 0.1) is 11.8 Å². The van der Waals surface area contributed by atoms with Crippen LogP contribution in [0.2, 0.25) is 0 Å². The normalized spacial score (nSPS) is 13.8. The molecule has 0 aliphatic carbocycles. The quantitative estimate of drug-likeness (QED) is 0.642. The molecule has 148 valence electrons. The Balaban J connectivity index is 1.54. The number of hydrogen-bond donors (Lipinski definition) is 0. The minimum absolute atomic E-state index is 0.0726. The van der Waals surface area contributed by atoms with Gasteiger partial charge in [0.25, 0.3) is 5.91 Å². The van der Waals surface area contributed by atoms with E-state index in [0.717, 1.165) is 34.3 Å². The molecule has 1 aromatic heterocycles. The summed E-state index contributed by atoms with van der Waals surface area (Å²) in [5.41, 5.74) is 2.69. The van der Waals surface area contributed by atoms with Gasteiger partial charge in [-0.3, -0.25) is 4.79 Å². The fourth-order valence-corrected chi connectivity index (χ4v) is 3.62. The van der Waals surface area contributed by atoms with Gasteiger partial charge in [0.1, 0.15) is 5.75 Å². The number of aromatic nitrogens is 1. The number of benzene rings is 2. The summed E-state index contributed by atoms with van der Waals surface area (Å²) in [5.74, 6) is 7.27. The van der Waals surface area contributed by atoms with Gasteiger partial charge in [0.2, 0.25) is 0 Å². The third-order valence-electron chi connectivity index (χ3n) is 5.13. The van der Waals surface area contributed by atoms with Crippen LogP contribution in [0.25, 0.3) is 10.9 Å². The van der Waals surface area contributed by atoms with Crippen LogP contribution in [-0.4, -0.2) is 48.8 Å². The minimum atomic E-state index is 0.0726. The molecule has 0 spiro atoms.